The summed E-state index contributed by atoms with van der Waals surface area (Å²) in [5.41, 5.74) is 2.84. The summed E-state index contributed by atoms with van der Waals surface area (Å²) >= 11 is 0. The van der Waals surface area contributed by atoms with Crippen molar-refractivity contribution in [3.05, 3.63) is 66.5 Å². The molecular formula is C20H23N5O. The normalized spacial score (nSPS) is 12.2. The number of rotatable bonds is 6. The summed E-state index contributed by atoms with van der Waals surface area (Å²) in [5, 5.41) is 11.0. The van der Waals surface area contributed by atoms with Crippen LogP contribution in [0, 0.1) is 0 Å². The van der Waals surface area contributed by atoms with Crippen LogP contribution >= 0.6 is 0 Å². The van der Waals surface area contributed by atoms with Gasteiger partial charge in [-0.25, -0.2) is 0 Å². The zero-order valence-electron chi connectivity index (χ0n) is 15.3. The number of nitrogens with one attached hydrogen (secondary N) is 1. The minimum Gasteiger partial charge on any atom is -0.325 e. The lowest BCUT2D eigenvalue weighted by atomic mass is 10.1. The minimum atomic E-state index is -0.256. The van der Waals surface area contributed by atoms with Crippen LogP contribution in [0.25, 0.3) is 11.4 Å². The highest BCUT2D eigenvalue weighted by Crippen LogP contribution is 2.20. The highest BCUT2D eigenvalue weighted by Gasteiger charge is 2.18. The van der Waals surface area contributed by atoms with Crippen molar-refractivity contribution >= 4 is 11.6 Å². The van der Waals surface area contributed by atoms with E-state index in [1.54, 1.807) is 6.33 Å². The molecule has 1 atom stereocenters. The van der Waals surface area contributed by atoms with Gasteiger partial charge in [-0.15, -0.1) is 10.2 Å². The lowest BCUT2D eigenvalue weighted by molar-refractivity contribution is -0.120. The molecule has 6 heteroatoms. The molecule has 0 spiro atoms. The van der Waals surface area contributed by atoms with E-state index in [-0.39, 0.29) is 11.9 Å². The zero-order valence-corrected chi connectivity index (χ0v) is 15.3. The van der Waals surface area contributed by atoms with Crippen molar-refractivity contribution in [2.45, 2.75) is 19.5 Å². The van der Waals surface area contributed by atoms with Crippen LogP contribution in [-0.2, 0) is 18.4 Å². The third-order valence-electron chi connectivity index (χ3n) is 4.42. The number of aromatic nitrogens is 3. The lowest BCUT2D eigenvalue weighted by Crippen LogP contribution is -2.39. The number of hydrogen-bond donors (Lipinski definition) is 1. The highest BCUT2D eigenvalue weighted by atomic mass is 16.2. The van der Waals surface area contributed by atoms with Crippen molar-refractivity contribution < 1.29 is 4.79 Å². The summed E-state index contributed by atoms with van der Waals surface area (Å²) < 4.78 is 1.84. The second-order valence-corrected chi connectivity index (χ2v) is 6.41. The summed E-state index contributed by atoms with van der Waals surface area (Å²) in [6.07, 6.45) is 1.65. The maximum Gasteiger partial charge on any atom is 0.241 e. The van der Waals surface area contributed by atoms with Crippen LogP contribution in [-0.4, -0.2) is 38.7 Å². The fraction of sp³-hybridized carbons (Fsp3) is 0.250. The molecule has 3 rings (SSSR count). The summed E-state index contributed by atoms with van der Waals surface area (Å²) in [4.78, 5) is 14.6. The fourth-order valence-corrected chi connectivity index (χ4v) is 2.74. The molecule has 0 aliphatic carbocycles. The average Bonchev–Trinajstić information content (AvgIpc) is 3.08. The Morgan fingerprint density at radius 3 is 2.65 bits per heavy atom. The monoisotopic (exact) mass is 349 g/mol. The molecule has 0 aliphatic rings. The number of hydrogen-bond acceptors (Lipinski definition) is 4. The topological polar surface area (TPSA) is 63.1 Å². The van der Waals surface area contributed by atoms with Crippen LogP contribution in [0.5, 0.6) is 0 Å². The smallest absolute Gasteiger partial charge is 0.241 e. The van der Waals surface area contributed by atoms with E-state index in [1.807, 2.05) is 73.0 Å². The molecule has 6 nitrogen and oxygen atoms in total. The van der Waals surface area contributed by atoms with Gasteiger partial charge in [-0.2, -0.15) is 0 Å². The summed E-state index contributed by atoms with van der Waals surface area (Å²) in [5.74, 6) is 0.717. The van der Waals surface area contributed by atoms with Gasteiger partial charge in [0.15, 0.2) is 5.82 Å². The Morgan fingerprint density at radius 2 is 1.96 bits per heavy atom. The quantitative estimate of drug-likeness (QED) is 0.743. The Labute approximate surface area is 153 Å². The number of amides is 1. The van der Waals surface area contributed by atoms with Crippen LogP contribution < -0.4 is 5.32 Å². The molecular weight excluding hydrogens is 326 g/mol. The lowest BCUT2D eigenvalue weighted by Gasteiger charge is -2.24. The first kappa shape index (κ1) is 17.8. The minimum absolute atomic E-state index is 0.0430. The van der Waals surface area contributed by atoms with E-state index in [1.165, 1.54) is 5.56 Å². The molecule has 26 heavy (non-hydrogen) atoms. The molecule has 134 valence electrons. The van der Waals surface area contributed by atoms with E-state index in [0.29, 0.717) is 6.54 Å². The van der Waals surface area contributed by atoms with Gasteiger partial charge in [-0.3, -0.25) is 9.69 Å². The Morgan fingerprint density at radius 1 is 1.19 bits per heavy atom. The molecule has 0 bridgehead atoms. The van der Waals surface area contributed by atoms with Gasteiger partial charge in [-0.05, 0) is 31.7 Å². The Hall–Kier alpha value is -2.99. The van der Waals surface area contributed by atoms with Gasteiger partial charge >= 0.3 is 0 Å². The highest BCUT2D eigenvalue weighted by molar-refractivity contribution is 5.95. The second kappa shape index (κ2) is 7.93. The molecule has 0 saturated carbocycles. The summed E-state index contributed by atoms with van der Waals surface area (Å²) in [6, 6.07) is 17.5. The van der Waals surface area contributed by atoms with E-state index in [4.69, 9.17) is 0 Å². The van der Waals surface area contributed by atoms with Crippen LogP contribution in [0.3, 0.4) is 0 Å². The van der Waals surface area contributed by atoms with E-state index in [0.717, 1.165) is 17.1 Å². The predicted octanol–water partition coefficient (Wildman–Crippen LogP) is 2.94. The molecule has 0 radical (unpaired) electrons. The number of anilines is 1. The summed E-state index contributed by atoms with van der Waals surface area (Å²) in [7, 11) is 3.84. The van der Waals surface area contributed by atoms with Crippen molar-refractivity contribution in [3.8, 4) is 11.4 Å². The van der Waals surface area contributed by atoms with E-state index in [2.05, 4.69) is 27.6 Å². The van der Waals surface area contributed by atoms with Crippen LogP contribution in [0.2, 0.25) is 0 Å². The maximum absolute atomic E-state index is 12.6. The molecule has 1 aromatic heterocycles. The Bertz CT molecular complexity index is 875. The van der Waals surface area contributed by atoms with Gasteiger partial charge in [0, 0.05) is 24.8 Å². The van der Waals surface area contributed by atoms with Crippen LogP contribution in [0.15, 0.2) is 60.9 Å². The van der Waals surface area contributed by atoms with Crippen molar-refractivity contribution in [3.63, 3.8) is 0 Å². The molecule has 0 aliphatic heterocycles. The van der Waals surface area contributed by atoms with E-state index in [9.17, 15) is 4.79 Å². The number of carbonyl (C=O) groups is 1. The number of nitrogens with zero attached hydrogens (tertiary/aromatic N) is 4. The number of likely N-dealkylation sites (N-methyl/N-ethyl adjacent to an activating group) is 1. The Balaban J connectivity index is 1.66. The van der Waals surface area contributed by atoms with Crippen molar-refractivity contribution in [1.82, 2.24) is 19.7 Å². The van der Waals surface area contributed by atoms with Gasteiger partial charge in [0.2, 0.25) is 5.91 Å². The molecule has 1 amide bonds. The standard InChI is InChI=1S/C20H23N5O/c1-15(24(2)13-16-8-5-4-6-9-16)20(26)22-18-11-7-10-17(12-18)19-23-21-14-25(19)3/h4-12,14-15H,13H2,1-3H3,(H,22,26). The zero-order chi connectivity index (χ0) is 18.5. The van der Waals surface area contributed by atoms with Crippen molar-refractivity contribution in [2.75, 3.05) is 12.4 Å². The first-order valence-electron chi connectivity index (χ1n) is 8.54. The molecule has 0 saturated heterocycles. The SMILES string of the molecule is CC(C(=O)Nc1cccc(-c2nncn2C)c1)N(C)Cc1ccccc1. The first-order chi connectivity index (χ1) is 12.5. The first-order valence-corrected chi connectivity index (χ1v) is 8.54. The Kier molecular flexibility index (Phi) is 5.43. The molecule has 2 aromatic carbocycles. The van der Waals surface area contributed by atoms with Gasteiger partial charge in [0.25, 0.3) is 0 Å². The molecule has 0 fully saturated rings. The van der Waals surface area contributed by atoms with Gasteiger partial charge < -0.3 is 9.88 Å². The molecule has 1 unspecified atom stereocenters. The number of aryl methyl sites for hydroxylation is 1. The average molecular weight is 349 g/mol. The third kappa shape index (κ3) is 4.15. The van der Waals surface area contributed by atoms with Gasteiger partial charge in [-0.1, -0.05) is 42.5 Å². The van der Waals surface area contributed by atoms with Gasteiger partial charge in [0.1, 0.15) is 6.33 Å². The molecule has 1 heterocycles. The van der Waals surface area contributed by atoms with Crippen LogP contribution in [0.4, 0.5) is 5.69 Å². The third-order valence-corrected chi connectivity index (χ3v) is 4.42. The molecule has 1 N–H and O–H groups in total. The fourth-order valence-electron chi connectivity index (χ4n) is 2.74. The largest absolute Gasteiger partial charge is 0.325 e. The summed E-state index contributed by atoms with van der Waals surface area (Å²) in [6.45, 7) is 2.62. The number of carbonyl (C=O) groups excluding carboxylic acids is 1. The van der Waals surface area contributed by atoms with Gasteiger partial charge in [0.05, 0.1) is 6.04 Å². The van der Waals surface area contributed by atoms with E-state index < -0.39 is 0 Å². The van der Waals surface area contributed by atoms with Crippen molar-refractivity contribution in [2.24, 2.45) is 7.05 Å². The van der Waals surface area contributed by atoms with Crippen LogP contribution in [0.1, 0.15) is 12.5 Å². The predicted molar refractivity (Wildman–Crippen MR) is 102 cm³/mol. The maximum atomic E-state index is 12.6. The van der Waals surface area contributed by atoms with Crippen molar-refractivity contribution in [1.29, 1.82) is 0 Å². The second-order valence-electron chi connectivity index (χ2n) is 6.41. The van der Waals surface area contributed by atoms with E-state index >= 15 is 0 Å². The number of benzene rings is 2. The molecule has 3 aromatic rings.